The first-order valence-electron chi connectivity index (χ1n) is 17.7. The molecular weight excluding hydrogens is 639 g/mol. The maximum atomic E-state index is 5.04. The predicted octanol–water partition coefficient (Wildman–Crippen LogP) is 5.87. The number of piperidine rings is 2. The van der Waals surface area contributed by atoms with Gasteiger partial charge in [-0.2, -0.15) is 0 Å². The smallest absolute Gasteiger partial charge is 0.239 e. The number of aliphatic imine (C=N–C) groups is 4. The van der Waals surface area contributed by atoms with Crippen LogP contribution in [0.2, 0.25) is 0 Å². The van der Waals surface area contributed by atoms with Crippen LogP contribution in [-0.2, 0) is 0 Å². The fourth-order valence-electron chi connectivity index (χ4n) is 7.20. The summed E-state index contributed by atoms with van der Waals surface area (Å²) >= 11 is 0. The summed E-state index contributed by atoms with van der Waals surface area (Å²) in [5, 5.41) is 7.09. The molecule has 0 aliphatic carbocycles. The number of guanidine groups is 2. The van der Waals surface area contributed by atoms with Gasteiger partial charge in [-0.25, -0.2) is 34.8 Å². The van der Waals surface area contributed by atoms with Crippen LogP contribution in [0.4, 0.5) is 28.7 Å². The number of hydrogen-bond donors (Lipinski definition) is 4. The van der Waals surface area contributed by atoms with Crippen molar-refractivity contribution in [2.24, 2.45) is 20.0 Å². The normalized spacial score (nSPS) is 19.3. The molecule has 2 fully saturated rings. The first kappa shape index (κ1) is 30.8. The van der Waals surface area contributed by atoms with Gasteiger partial charge in [-0.05, 0) is 105 Å². The zero-order valence-electron chi connectivity index (χ0n) is 28.3. The van der Waals surface area contributed by atoms with Crippen molar-refractivity contribution in [2.75, 3.05) is 46.6 Å². The van der Waals surface area contributed by atoms with E-state index in [1.165, 1.54) is 56.2 Å². The minimum absolute atomic E-state index is 0.516. The van der Waals surface area contributed by atoms with E-state index in [9.17, 15) is 0 Å². The zero-order chi connectivity index (χ0) is 34.0. The molecule has 51 heavy (non-hydrogen) atoms. The maximum absolute atomic E-state index is 5.04. The van der Waals surface area contributed by atoms with Crippen molar-refractivity contribution in [1.29, 1.82) is 0 Å². The number of nitrogens with zero attached hydrogens (tertiary/aromatic N) is 9. The summed E-state index contributed by atoms with van der Waals surface area (Å²) in [5.74, 6) is 2.40. The van der Waals surface area contributed by atoms with Gasteiger partial charge in [0.25, 0.3) is 0 Å². The van der Waals surface area contributed by atoms with Gasteiger partial charge in [-0.3, -0.25) is 5.43 Å². The number of anilines is 5. The van der Waals surface area contributed by atoms with E-state index >= 15 is 0 Å². The van der Waals surface area contributed by atoms with Gasteiger partial charge in [0.2, 0.25) is 17.9 Å². The van der Waals surface area contributed by atoms with Gasteiger partial charge in [0.15, 0.2) is 0 Å². The maximum Gasteiger partial charge on any atom is 0.239 e. The van der Waals surface area contributed by atoms with Crippen LogP contribution in [0.5, 0.6) is 0 Å². The lowest BCUT2D eigenvalue weighted by Gasteiger charge is -2.33. The summed E-state index contributed by atoms with van der Waals surface area (Å²) in [5.41, 5.74) is 14.8. The van der Waals surface area contributed by atoms with Gasteiger partial charge in [0.1, 0.15) is 12.2 Å². The highest BCUT2D eigenvalue weighted by Crippen LogP contribution is 2.37. The van der Waals surface area contributed by atoms with Crippen molar-refractivity contribution in [2.45, 2.75) is 38.5 Å². The summed E-state index contributed by atoms with van der Waals surface area (Å²) in [4.78, 5) is 35.0. The monoisotopic (exact) mass is 677 g/mol. The highest BCUT2D eigenvalue weighted by molar-refractivity contribution is 6.24. The second-order valence-corrected chi connectivity index (χ2v) is 13.1. The minimum atomic E-state index is 0.516. The van der Waals surface area contributed by atoms with E-state index in [0.717, 1.165) is 71.6 Å². The van der Waals surface area contributed by atoms with Crippen LogP contribution in [0, 0.1) is 0 Å². The Morgan fingerprint density at radius 1 is 0.706 bits per heavy atom. The fourth-order valence-corrected chi connectivity index (χ4v) is 7.20. The van der Waals surface area contributed by atoms with Crippen LogP contribution in [0.25, 0.3) is 5.70 Å². The van der Waals surface area contributed by atoms with Crippen LogP contribution in [0.15, 0.2) is 117 Å². The topological polar surface area (TPSA) is 133 Å². The standard InChI is InChI=1S/C38H39N13/c1-3-17-49(18-4-1)26-10-12-29(31(21-26)44-35-9-7-16-43-48-35)33-23-28-24-34(47-38-42-25-41-37(46-33)51(28)38)30-13-11-27(50-19-5-2-6-20-50)22-32(30)45-36-39-14-8-15-40-36/h7-16,21-25,43-44,48H,1-6,17-20H2,(H,39,40,45). The average Bonchev–Trinajstić information content (AvgIpc) is 3.19. The van der Waals surface area contributed by atoms with Gasteiger partial charge in [-0.1, -0.05) is 0 Å². The molecule has 1 aromatic heterocycles. The Morgan fingerprint density at radius 2 is 1.41 bits per heavy atom. The van der Waals surface area contributed by atoms with Gasteiger partial charge in [0, 0.05) is 67.3 Å². The molecule has 2 saturated heterocycles. The molecule has 6 aliphatic heterocycles. The van der Waals surface area contributed by atoms with Gasteiger partial charge in [-0.15, -0.1) is 0 Å². The molecular formula is C38H39N13. The van der Waals surface area contributed by atoms with Crippen molar-refractivity contribution >= 4 is 58.4 Å². The van der Waals surface area contributed by atoms with Crippen LogP contribution < -0.4 is 31.3 Å². The van der Waals surface area contributed by atoms with E-state index in [-0.39, 0.29) is 0 Å². The highest BCUT2D eigenvalue weighted by atomic mass is 15.4. The molecule has 13 heteroatoms. The lowest BCUT2D eigenvalue weighted by molar-refractivity contribution is 0.578. The Hall–Kier alpha value is -6.24. The molecule has 9 rings (SSSR count). The molecule has 0 amide bonds. The second kappa shape index (κ2) is 13.6. The summed E-state index contributed by atoms with van der Waals surface area (Å²) in [6, 6.07) is 14.9. The van der Waals surface area contributed by atoms with E-state index < -0.39 is 0 Å². The molecule has 2 aromatic carbocycles. The Morgan fingerprint density at radius 3 is 2.12 bits per heavy atom. The average molecular weight is 678 g/mol. The third-order valence-corrected chi connectivity index (χ3v) is 9.75. The predicted molar refractivity (Wildman–Crippen MR) is 205 cm³/mol. The second-order valence-electron chi connectivity index (χ2n) is 13.1. The van der Waals surface area contributed by atoms with Crippen molar-refractivity contribution in [3.05, 3.63) is 108 Å². The lowest BCUT2D eigenvalue weighted by atomic mass is 10.0. The summed E-state index contributed by atoms with van der Waals surface area (Å²) in [7, 11) is 0. The molecule has 0 bridgehead atoms. The van der Waals surface area contributed by atoms with E-state index in [0.29, 0.717) is 17.9 Å². The summed E-state index contributed by atoms with van der Waals surface area (Å²) < 4.78 is 0. The number of benzene rings is 2. The highest BCUT2D eigenvalue weighted by Gasteiger charge is 2.32. The first-order valence-corrected chi connectivity index (χ1v) is 17.7. The zero-order valence-corrected chi connectivity index (χ0v) is 28.3. The number of rotatable bonds is 8. The number of hydrazine groups is 1. The fraction of sp³-hybridized carbons (Fsp3) is 0.263. The molecule has 3 aromatic rings. The van der Waals surface area contributed by atoms with Crippen LogP contribution >= 0.6 is 0 Å². The van der Waals surface area contributed by atoms with E-state index in [4.69, 9.17) is 9.98 Å². The van der Waals surface area contributed by atoms with Crippen molar-refractivity contribution in [3.8, 4) is 0 Å². The van der Waals surface area contributed by atoms with E-state index in [1.54, 1.807) is 12.4 Å². The molecule has 0 unspecified atom stereocenters. The van der Waals surface area contributed by atoms with Crippen molar-refractivity contribution < 1.29 is 0 Å². The Balaban J connectivity index is 1.11. The largest absolute Gasteiger partial charge is 0.371 e. The third kappa shape index (κ3) is 6.33. The quantitative estimate of drug-likeness (QED) is 0.231. The minimum Gasteiger partial charge on any atom is -0.371 e. The number of aromatic nitrogens is 2. The van der Waals surface area contributed by atoms with Gasteiger partial charge < -0.3 is 25.9 Å². The van der Waals surface area contributed by atoms with E-state index in [1.807, 2.05) is 29.3 Å². The molecule has 13 nitrogen and oxygen atoms in total. The molecule has 0 saturated carbocycles. The molecule has 4 N–H and O–H groups in total. The molecule has 6 aliphatic rings. The van der Waals surface area contributed by atoms with Crippen molar-refractivity contribution in [1.82, 2.24) is 25.7 Å². The van der Waals surface area contributed by atoms with Gasteiger partial charge in [0.05, 0.1) is 28.5 Å². The molecule has 256 valence electrons. The number of hydrogen-bond acceptors (Lipinski definition) is 13. The van der Waals surface area contributed by atoms with Gasteiger partial charge >= 0.3 is 0 Å². The third-order valence-electron chi connectivity index (χ3n) is 9.75. The number of allylic oxidation sites excluding steroid dienone is 4. The van der Waals surface area contributed by atoms with E-state index in [2.05, 4.69) is 99.8 Å². The van der Waals surface area contributed by atoms with Crippen molar-refractivity contribution in [3.63, 3.8) is 0 Å². The summed E-state index contributed by atoms with van der Waals surface area (Å²) in [6.45, 7) is 4.20. The Labute approximate surface area is 296 Å². The summed E-state index contributed by atoms with van der Waals surface area (Å²) in [6.07, 6.45) is 22.3. The van der Waals surface area contributed by atoms with Crippen LogP contribution in [0.1, 0.15) is 49.7 Å². The first-order chi connectivity index (χ1) is 25.2. The molecule has 0 spiro atoms. The number of nitrogens with one attached hydrogen (secondary N) is 4. The lowest BCUT2D eigenvalue weighted by Crippen LogP contribution is -2.40. The van der Waals surface area contributed by atoms with Crippen LogP contribution in [0.3, 0.4) is 0 Å². The molecule has 0 atom stereocenters. The molecule has 0 radical (unpaired) electrons. The SMILES string of the molecule is C1=CNNC(Nc2cc(N3CCCCC3)ccc2C2=CC3=CC(c4ccc(N5CCCCC5)cc4Nc4ncccn4)=NC4=NC=NC(=N2)N34)=C1. The Kier molecular flexibility index (Phi) is 8.20. The van der Waals surface area contributed by atoms with Crippen LogP contribution in [-0.4, -0.2) is 65.0 Å². The molecule has 7 heterocycles. The Bertz CT molecular complexity index is 2080.